The van der Waals surface area contributed by atoms with Gasteiger partial charge >= 0.3 is 17.8 Å². The van der Waals surface area contributed by atoms with Crippen LogP contribution in [0.2, 0.25) is 0 Å². The molecule has 1 aliphatic heterocycles. The predicted molar refractivity (Wildman–Crippen MR) is 68.5 cm³/mol. The minimum absolute atomic E-state index is 0.139. The zero-order valence-electron chi connectivity index (χ0n) is 11.6. The summed E-state index contributed by atoms with van der Waals surface area (Å²) in [6.07, 6.45) is -6.23. The van der Waals surface area contributed by atoms with E-state index in [1.54, 1.807) is 0 Å². The Bertz CT molecular complexity index is 711. The molecule has 2 heterocycles. The van der Waals surface area contributed by atoms with Crippen LogP contribution < -0.4 is 11.2 Å². The van der Waals surface area contributed by atoms with Crippen molar-refractivity contribution in [1.82, 2.24) is 14.5 Å². The summed E-state index contributed by atoms with van der Waals surface area (Å²) in [5, 5.41) is 0. The number of rotatable bonds is 2. The standard InChI is InChI=1S/C12H12F3N3O5/c13-12(14,15)10(21)17-3-1-7(6-19)23-9(5-17)18-4-2-8(20)16-11(18)22/h2,4,6-7,9H,1,3,5H2,(H,16,20,22). The molecule has 0 aromatic carbocycles. The molecule has 23 heavy (non-hydrogen) atoms. The van der Waals surface area contributed by atoms with Gasteiger partial charge in [0.2, 0.25) is 0 Å². The van der Waals surface area contributed by atoms with Gasteiger partial charge in [-0.25, -0.2) is 4.79 Å². The largest absolute Gasteiger partial charge is 0.471 e. The van der Waals surface area contributed by atoms with Gasteiger partial charge in [0.05, 0.1) is 6.54 Å². The van der Waals surface area contributed by atoms with Crippen LogP contribution >= 0.6 is 0 Å². The molecule has 1 aliphatic rings. The molecule has 0 spiro atoms. The smallest absolute Gasteiger partial charge is 0.345 e. The second-order valence-corrected chi connectivity index (χ2v) is 4.82. The number of amides is 1. The highest BCUT2D eigenvalue weighted by molar-refractivity contribution is 5.82. The van der Waals surface area contributed by atoms with Crippen molar-refractivity contribution in [3.05, 3.63) is 33.1 Å². The van der Waals surface area contributed by atoms with Crippen molar-refractivity contribution >= 4 is 12.2 Å². The number of carbonyl (C=O) groups excluding carboxylic acids is 2. The number of hydrogen-bond donors (Lipinski definition) is 1. The number of nitrogens with zero attached hydrogens (tertiary/aromatic N) is 2. The molecule has 1 aromatic rings. The Labute approximate surface area is 126 Å². The lowest BCUT2D eigenvalue weighted by Crippen LogP contribution is -2.45. The molecule has 1 aromatic heterocycles. The summed E-state index contributed by atoms with van der Waals surface area (Å²) >= 11 is 0. The van der Waals surface area contributed by atoms with Gasteiger partial charge < -0.3 is 14.4 Å². The first-order valence-electron chi connectivity index (χ1n) is 6.50. The lowest BCUT2D eigenvalue weighted by atomic mass is 10.2. The molecule has 0 bridgehead atoms. The molecule has 0 aliphatic carbocycles. The minimum atomic E-state index is -5.08. The van der Waals surface area contributed by atoms with Crippen LogP contribution in [0.5, 0.6) is 0 Å². The van der Waals surface area contributed by atoms with Crippen LogP contribution in [0.15, 0.2) is 21.9 Å². The van der Waals surface area contributed by atoms with Crippen LogP contribution in [0.1, 0.15) is 12.6 Å². The number of aldehydes is 1. The van der Waals surface area contributed by atoms with E-state index in [1.165, 1.54) is 0 Å². The van der Waals surface area contributed by atoms with Gasteiger partial charge in [-0.05, 0) is 6.42 Å². The number of aromatic nitrogens is 2. The molecular weight excluding hydrogens is 323 g/mol. The number of hydrogen-bond acceptors (Lipinski definition) is 5. The predicted octanol–water partition coefficient (Wildman–Crippen LogP) is -0.586. The number of carbonyl (C=O) groups is 2. The molecule has 2 rings (SSSR count). The van der Waals surface area contributed by atoms with E-state index in [0.29, 0.717) is 11.2 Å². The molecule has 1 saturated heterocycles. The molecule has 1 amide bonds. The lowest BCUT2D eigenvalue weighted by molar-refractivity contribution is -0.186. The Morgan fingerprint density at radius 2 is 2.09 bits per heavy atom. The summed E-state index contributed by atoms with van der Waals surface area (Å²) in [5.74, 6) is -2.09. The molecule has 1 N–H and O–H groups in total. The van der Waals surface area contributed by atoms with Crippen molar-refractivity contribution in [2.45, 2.75) is 24.9 Å². The van der Waals surface area contributed by atoms with Crippen LogP contribution in [0.25, 0.3) is 0 Å². The Morgan fingerprint density at radius 1 is 1.39 bits per heavy atom. The zero-order chi connectivity index (χ0) is 17.2. The molecule has 11 heteroatoms. The second kappa shape index (κ2) is 6.36. The number of H-pyrrole nitrogens is 1. The van der Waals surface area contributed by atoms with E-state index in [4.69, 9.17) is 4.74 Å². The third kappa shape index (κ3) is 3.86. The first-order valence-corrected chi connectivity index (χ1v) is 6.50. The van der Waals surface area contributed by atoms with Crippen molar-refractivity contribution in [2.24, 2.45) is 0 Å². The zero-order valence-corrected chi connectivity index (χ0v) is 11.6. The number of nitrogens with one attached hydrogen (secondary N) is 1. The SMILES string of the molecule is O=CC1CCN(C(=O)C(F)(F)F)CC(n2ccc(=O)[nH]c2=O)O1. The molecule has 8 nitrogen and oxygen atoms in total. The Hall–Kier alpha value is -2.43. The van der Waals surface area contributed by atoms with E-state index in [1.807, 2.05) is 4.98 Å². The fourth-order valence-electron chi connectivity index (χ4n) is 2.15. The number of aromatic amines is 1. The lowest BCUT2D eigenvalue weighted by Gasteiger charge is -2.25. The molecular formula is C12H12F3N3O5. The Balaban J connectivity index is 2.35. The van der Waals surface area contributed by atoms with E-state index in [2.05, 4.69) is 0 Å². The second-order valence-electron chi connectivity index (χ2n) is 4.82. The third-order valence-corrected chi connectivity index (χ3v) is 3.23. The minimum Gasteiger partial charge on any atom is -0.345 e. The highest BCUT2D eigenvalue weighted by Gasteiger charge is 2.44. The summed E-state index contributed by atoms with van der Waals surface area (Å²) in [7, 11) is 0. The summed E-state index contributed by atoms with van der Waals surface area (Å²) < 4.78 is 43.9. The average molecular weight is 335 g/mol. The van der Waals surface area contributed by atoms with E-state index in [9.17, 15) is 32.3 Å². The first kappa shape index (κ1) is 16.9. The Morgan fingerprint density at radius 3 is 2.65 bits per heavy atom. The fourth-order valence-corrected chi connectivity index (χ4v) is 2.15. The number of halogens is 3. The average Bonchev–Trinajstić information content (AvgIpc) is 2.68. The van der Waals surface area contributed by atoms with E-state index in [0.717, 1.165) is 16.8 Å². The van der Waals surface area contributed by atoms with Gasteiger partial charge in [-0.3, -0.25) is 19.1 Å². The van der Waals surface area contributed by atoms with Crippen molar-refractivity contribution < 1.29 is 27.5 Å². The first-order chi connectivity index (χ1) is 10.7. The van der Waals surface area contributed by atoms with Gasteiger partial charge in [0.25, 0.3) is 5.56 Å². The normalized spacial score (nSPS) is 22.5. The topological polar surface area (TPSA) is 101 Å². The van der Waals surface area contributed by atoms with Crippen LogP contribution in [0.4, 0.5) is 13.2 Å². The van der Waals surface area contributed by atoms with Gasteiger partial charge in [0.1, 0.15) is 12.4 Å². The summed E-state index contributed by atoms with van der Waals surface area (Å²) in [4.78, 5) is 47.5. The monoisotopic (exact) mass is 335 g/mol. The van der Waals surface area contributed by atoms with Crippen molar-refractivity contribution in [3.8, 4) is 0 Å². The van der Waals surface area contributed by atoms with Crippen LogP contribution in [0, 0.1) is 0 Å². The van der Waals surface area contributed by atoms with Crippen LogP contribution in [-0.4, -0.2) is 52.0 Å². The molecule has 2 atom stereocenters. The number of alkyl halides is 3. The van der Waals surface area contributed by atoms with Crippen molar-refractivity contribution in [1.29, 1.82) is 0 Å². The van der Waals surface area contributed by atoms with Crippen molar-refractivity contribution in [2.75, 3.05) is 13.1 Å². The molecule has 0 saturated carbocycles. The molecule has 2 unspecified atom stereocenters. The maximum atomic E-state index is 12.6. The van der Waals surface area contributed by atoms with E-state index >= 15 is 0 Å². The fraction of sp³-hybridized carbons (Fsp3) is 0.500. The summed E-state index contributed by atoms with van der Waals surface area (Å²) in [5.41, 5.74) is -1.62. The maximum absolute atomic E-state index is 12.6. The Kier molecular flexibility index (Phi) is 4.68. The molecule has 1 fully saturated rings. The quantitative estimate of drug-likeness (QED) is 0.728. The van der Waals surface area contributed by atoms with Crippen molar-refractivity contribution in [3.63, 3.8) is 0 Å². The van der Waals surface area contributed by atoms with Gasteiger partial charge in [-0.1, -0.05) is 0 Å². The highest BCUT2D eigenvalue weighted by atomic mass is 19.4. The van der Waals surface area contributed by atoms with E-state index < -0.39 is 42.2 Å². The van der Waals surface area contributed by atoms with Crippen LogP contribution in [0.3, 0.4) is 0 Å². The number of ether oxygens (including phenoxy) is 1. The highest BCUT2D eigenvalue weighted by Crippen LogP contribution is 2.23. The third-order valence-electron chi connectivity index (χ3n) is 3.23. The molecule has 0 radical (unpaired) electrons. The van der Waals surface area contributed by atoms with Gasteiger partial charge in [-0.15, -0.1) is 0 Å². The van der Waals surface area contributed by atoms with Crippen LogP contribution in [-0.2, 0) is 14.3 Å². The van der Waals surface area contributed by atoms with Gasteiger partial charge in [0.15, 0.2) is 6.23 Å². The van der Waals surface area contributed by atoms with Gasteiger partial charge in [-0.2, -0.15) is 13.2 Å². The van der Waals surface area contributed by atoms with Gasteiger partial charge in [0, 0.05) is 18.8 Å². The van der Waals surface area contributed by atoms with E-state index in [-0.39, 0.29) is 13.0 Å². The molecule has 126 valence electrons. The summed E-state index contributed by atoms with van der Waals surface area (Å²) in [6, 6.07) is 0.974. The summed E-state index contributed by atoms with van der Waals surface area (Å²) in [6.45, 7) is -0.939. The maximum Gasteiger partial charge on any atom is 0.471 e.